The molecule has 0 aromatic heterocycles. The molecule has 0 amide bonds. The number of carboxylic acid groups (broad SMARTS) is 6. The summed E-state index contributed by atoms with van der Waals surface area (Å²) in [7, 11) is 0. The first kappa shape index (κ1) is 59.1. The molecule has 0 rings (SSSR count). The number of carboxylic acids is 6. The van der Waals surface area contributed by atoms with E-state index < -0.39 is 35.8 Å². The van der Waals surface area contributed by atoms with Crippen molar-refractivity contribution < 1.29 is 93.5 Å². The summed E-state index contributed by atoms with van der Waals surface area (Å²) in [6.07, 6.45) is 0. The van der Waals surface area contributed by atoms with Crippen molar-refractivity contribution in [1.29, 1.82) is 0 Å². The molecular weight excluding hydrogens is 576 g/mol. The number of nitrogens with one attached hydrogen (secondary N) is 2. The zero-order valence-corrected chi connectivity index (χ0v) is 23.2. The number of nitrogens with two attached hydrogens (primary N) is 2. The van der Waals surface area contributed by atoms with Crippen LogP contribution >= 0.6 is 0 Å². The molecular formula is C18H36Fe2N4O12. The standard InChI is InChI=1S/C6H18N4.6C2H4O2.2Fe/c7-1-3-9-5-6-10-4-2-8;6*1-2(3)4;;/h9-10H,1-8H2;6*1H3,(H,3,4);;/q;;;;;;;2*+3/p-6. The molecule has 18 heteroatoms. The van der Waals surface area contributed by atoms with Crippen LogP contribution in [0.2, 0.25) is 0 Å². The predicted molar refractivity (Wildman–Crippen MR) is 108 cm³/mol. The first-order chi connectivity index (χ1) is 15.3. The molecule has 0 spiro atoms. The third-order valence-electron chi connectivity index (χ3n) is 1.12. The van der Waals surface area contributed by atoms with Gasteiger partial charge in [-0.3, -0.25) is 0 Å². The van der Waals surface area contributed by atoms with E-state index in [1.165, 1.54) is 0 Å². The van der Waals surface area contributed by atoms with Gasteiger partial charge in [0.2, 0.25) is 0 Å². The average molecular weight is 612 g/mol. The van der Waals surface area contributed by atoms with Gasteiger partial charge in [-0.2, -0.15) is 0 Å². The van der Waals surface area contributed by atoms with Crippen molar-refractivity contribution in [3.05, 3.63) is 0 Å². The minimum atomic E-state index is -1.08. The van der Waals surface area contributed by atoms with Crippen LogP contribution in [0.4, 0.5) is 0 Å². The van der Waals surface area contributed by atoms with Crippen molar-refractivity contribution in [3.8, 4) is 0 Å². The summed E-state index contributed by atoms with van der Waals surface area (Å²) < 4.78 is 0. The van der Waals surface area contributed by atoms with Gasteiger partial charge in [0.05, 0.1) is 0 Å². The molecule has 0 aromatic carbocycles. The number of rotatable bonds is 7. The van der Waals surface area contributed by atoms with Crippen LogP contribution in [0.5, 0.6) is 0 Å². The van der Waals surface area contributed by atoms with E-state index in [-0.39, 0.29) is 34.1 Å². The normalized spacial score (nSPS) is 7.00. The van der Waals surface area contributed by atoms with Gasteiger partial charge in [-0.25, -0.2) is 0 Å². The second-order valence-corrected chi connectivity index (χ2v) is 5.03. The Morgan fingerprint density at radius 3 is 0.639 bits per heavy atom. The Balaban J connectivity index is -0.0000000350. The first-order valence-electron chi connectivity index (χ1n) is 9.18. The first-order valence-corrected chi connectivity index (χ1v) is 9.18. The molecule has 0 saturated carbocycles. The molecule has 0 atom stereocenters. The molecule has 0 saturated heterocycles. The van der Waals surface area contributed by atoms with Crippen molar-refractivity contribution in [2.75, 3.05) is 39.3 Å². The summed E-state index contributed by atoms with van der Waals surface area (Å²) in [5, 5.41) is 59.7. The fourth-order valence-electron chi connectivity index (χ4n) is 0.631. The summed E-state index contributed by atoms with van der Waals surface area (Å²) in [5.41, 5.74) is 10.5. The van der Waals surface area contributed by atoms with Gasteiger partial charge in [-0.1, -0.05) is 0 Å². The van der Waals surface area contributed by atoms with Crippen molar-refractivity contribution in [3.63, 3.8) is 0 Å². The number of hydrogen-bond acceptors (Lipinski definition) is 16. The van der Waals surface area contributed by atoms with E-state index in [9.17, 15) is 0 Å². The smallest absolute Gasteiger partial charge is 0.550 e. The zero-order valence-electron chi connectivity index (χ0n) is 21.0. The van der Waals surface area contributed by atoms with E-state index in [1.54, 1.807) is 0 Å². The molecule has 6 N–H and O–H groups in total. The predicted octanol–water partition coefficient (Wildman–Crippen LogP) is -9.38. The van der Waals surface area contributed by atoms with E-state index in [4.69, 9.17) is 70.9 Å². The molecule has 16 nitrogen and oxygen atoms in total. The number of carbonyl (C=O) groups is 6. The van der Waals surface area contributed by atoms with Crippen LogP contribution < -0.4 is 52.7 Å². The fourth-order valence-corrected chi connectivity index (χ4v) is 0.631. The molecule has 0 aliphatic rings. The van der Waals surface area contributed by atoms with Crippen LogP contribution in [-0.4, -0.2) is 75.1 Å². The summed E-state index contributed by atoms with van der Waals surface area (Å²) in [4.78, 5) is 53.3. The van der Waals surface area contributed by atoms with Crippen LogP contribution in [0.25, 0.3) is 0 Å². The van der Waals surface area contributed by atoms with E-state index in [1.807, 2.05) is 0 Å². The van der Waals surface area contributed by atoms with Gasteiger partial charge in [0.1, 0.15) is 0 Å². The zero-order chi connectivity index (χ0) is 29.1. The number of hydrogen-bond donors (Lipinski definition) is 4. The topological polar surface area (TPSA) is 317 Å². The molecule has 36 heavy (non-hydrogen) atoms. The van der Waals surface area contributed by atoms with Crippen LogP contribution in [0.1, 0.15) is 41.5 Å². The average Bonchev–Trinajstić information content (AvgIpc) is 2.55. The Kier molecular flexibility index (Phi) is 96.0. The second kappa shape index (κ2) is 58.5. The van der Waals surface area contributed by atoms with Gasteiger partial charge in [0, 0.05) is 75.1 Å². The van der Waals surface area contributed by atoms with Crippen molar-refractivity contribution in [1.82, 2.24) is 10.6 Å². The monoisotopic (exact) mass is 612 g/mol. The third-order valence-corrected chi connectivity index (χ3v) is 1.12. The Morgan fingerprint density at radius 1 is 0.444 bits per heavy atom. The van der Waals surface area contributed by atoms with Crippen LogP contribution in [0.3, 0.4) is 0 Å². The molecule has 0 aliphatic heterocycles. The summed E-state index contributed by atoms with van der Waals surface area (Å²) in [5.74, 6) is -6.50. The van der Waals surface area contributed by atoms with Crippen molar-refractivity contribution >= 4 is 35.8 Å². The Bertz CT molecular complexity index is 389. The fraction of sp³-hybridized carbons (Fsp3) is 0.667. The summed E-state index contributed by atoms with van der Waals surface area (Å²) in [6.45, 7) is 11.0. The maximum Gasteiger partial charge on any atom is 3.00 e. The van der Waals surface area contributed by atoms with Crippen LogP contribution in [0, 0.1) is 0 Å². The molecule has 0 bridgehead atoms. The van der Waals surface area contributed by atoms with Gasteiger partial charge in [0.15, 0.2) is 0 Å². The molecule has 216 valence electrons. The van der Waals surface area contributed by atoms with E-state index >= 15 is 0 Å². The van der Waals surface area contributed by atoms with Crippen LogP contribution in [-0.2, 0) is 62.9 Å². The Morgan fingerprint density at radius 2 is 0.556 bits per heavy atom. The van der Waals surface area contributed by atoms with E-state index in [0.717, 1.165) is 67.7 Å². The Hall–Kier alpha value is -2.30. The maximum atomic E-state index is 8.89. The molecule has 0 unspecified atom stereocenters. The molecule has 0 aromatic rings. The third kappa shape index (κ3) is 1350. The summed E-state index contributed by atoms with van der Waals surface area (Å²) in [6, 6.07) is 0. The summed E-state index contributed by atoms with van der Waals surface area (Å²) >= 11 is 0. The SMILES string of the molecule is CC(=O)[O-].CC(=O)[O-].CC(=O)[O-].CC(=O)[O-].CC(=O)[O-].CC(=O)[O-].NCCNCCNCCN.[Fe+3].[Fe+3]. The number of aliphatic carboxylic acids is 6. The minimum Gasteiger partial charge on any atom is -0.550 e. The number of carbonyl (C=O) groups excluding carboxylic acids is 6. The van der Waals surface area contributed by atoms with Gasteiger partial charge in [-0.05, 0) is 41.5 Å². The van der Waals surface area contributed by atoms with Gasteiger partial charge in [-0.15, -0.1) is 0 Å². The van der Waals surface area contributed by atoms with Gasteiger partial charge in [0.25, 0.3) is 0 Å². The minimum absolute atomic E-state index is 0. The van der Waals surface area contributed by atoms with E-state index in [2.05, 4.69) is 10.6 Å². The maximum absolute atomic E-state index is 8.89. The quantitative estimate of drug-likeness (QED) is 0.153. The van der Waals surface area contributed by atoms with Crippen LogP contribution in [0.15, 0.2) is 0 Å². The van der Waals surface area contributed by atoms with E-state index in [0.29, 0.717) is 13.1 Å². The molecule has 0 fully saturated rings. The molecule has 0 aliphatic carbocycles. The Labute approximate surface area is 232 Å². The van der Waals surface area contributed by atoms with Gasteiger partial charge < -0.3 is 81.5 Å². The van der Waals surface area contributed by atoms with Crippen molar-refractivity contribution in [2.24, 2.45) is 11.5 Å². The van der Waals surface area contributed by atoms with Crippen molar-refractivity contribution in [2.45, 2.75) is 41.5 Å². The second-order valence-electron chi connectivity index (χ2n) is 5.03. The molecule has 0 heterocycles. The largest absolute Gasteiger partial charge is 3.00 e. The molecule has 2 radical (unpaired) electrons. The van der Waals surface area contributed by atoms with Gasteiger partial charge >= 0.3 is 34.1 Å².